The number of ether oxygens (including phenoxy) is 2. The van der Waals surface area contributed by atoms with Crippen molar-refractivity contribution in [2.45, 2.75) is 87.2 Å². The lowest BCUT2D eigenvalue weighted by Gasteiger charge is -2.38. The Morgan fingerprint density at radius 2 is 1.93 bits per heavy atom. The molecule has 11 heteroatoms. The number of amides is 3. The summed E-state index contributed by atoms with van der Waals surface area (Å²) in [5.41, 5.74) is -0.549. The van der Waals surface area contributed by atoms with Gasteiger partial charge in [0.25, 0.3) is 0 Å². The molecular formula is C33H44BrN3O7. The van der Waals surface area contributed by atoms with Gasteiger partial charge in [-0.2, -0.15) is 0 Å². The predicted molar refractivity (Wildman–Crippen MR) is 168 cm³/mol. The molecule has 1 aromatic carbocycles. The summed E-state index contributed by atoms with van der Waals surface area (Å²) >= 11 is 3.69. The van der Waals surface area contributed by atoms with Gasteiger partial charge in [0.15, 0.2) is 0 Å². The number of aliphatic hydroxyl groups excluding tert-OH is 1. The summed E-state index contributed by atoms with van der Waals surface area (Å²) in [5, 5.41) is 12.5. The van der Waals surface area contributed by atoms with Crippen molar-refractivity contribution < 1.29 is 33.8 Å². The standard InChI is InChI=1S/C33H44BrN3O7/c1-6-8-15-24(39)35-21(5)27(22-13-10-9-11-14-22)43-32(42)25-26-30(40)37(17-12-18-38)29(31(41)36(16-7-2)20(3)4)33(26)19-23(34)28(25)44-33/h6-7,9-11,13-14,20-21,23,25-29,38H,1-2,8,12,15-19H2,3-5H3,(H,35,39)/t21-,23?,25+,26-,27-,28+,29+,33-/m1/s1. The van der Waals surface area contributed by atoms with Crippen LogP contribution >= 0.6 is 15.9 Å². The van der Waals surface area contributed by atoms with Crippen molar-refractivity contribution in [3.63, 3.8) is 0 Å². The molecule has 3 heterocycles. The van der Waals surface area contributed by atoms with Gasteiger partial charge in [-0.3, -0.25) is 19.2 Å². The first kappa shape index (κ1) is 33.9. The fraction of sp³-hybridized carbons (Fsp3) is 0.576. The van der Waals surface area contributed by atoms with E-state index in [0.29, 0.717) is 18.4 Å². The van der Waals surface area contributed by atoms with Gasteiger partial charge in [0.1, 0.15) is 17.7 Å². The average Bonchev–Trinajstić information content (AvgIpc) is 3.59. The van der Waals surface area contributed by atoms with E-state index in [1.165, 1.54) is 4.90 Å². The predicted octanol–water partition coefficient (Wildman–Crippen LogP) is 3.30. The lowest BCUT2D eigenvalue weighted by Crippen LogP contribution is -2.58. The van der Waals surface area contributed by atoms with Crippen molar-refractivity contribution in [3.8, 4) is 0 Å². The van der Waals surface area contributed by atoms with E-state index in [0.717, 1.165) is 0 Å². The maximum absolute atomic E-state index is 14.2. The molecule has 2 N–H and O–H groups in total. The van der Waals surface area contributed by atoms with Crippen molar-refractivity contribution in [1.82, 2.24) is 15.1 Å². The van der Waals surface area contributed by atoms with Gasteiger partial charge in [0.05, 0.1) is 24.0 Å². The van der Waals surface area contributed by atoms with Crippen LogP contribution in [0.5, 0.6) is 0 Å². The summed E-state index contributed by atoms with van der Waals surface area (Å²) in [6.07, 6.45) is 3.20. The first-order chi connectivity index (χ1) is 21.0. The molecule has 240 valence electrons. The van der Waals surface area contributed by atoms with E-state index in [1.54, 1.807) is 24.0 Å². The molecule has 0 radical (unpaired) electrons. The second-order valence-electron chi connectivity index (χ2n) is 12.1. The lowest BCUT2D eigenvalue weighted by molar-refractivity contribution is -0.162. The molecule has 2 bridgehead atoms. The van der Waals surface area contributed by atoms with Crippen LogP contribution in [0.4, 0.5) is 0 Å². The lowest BCUT2D eigenvalue weighted by atomic mass is 9.70. The second-order valence-corrected chi connectivity index (χ2v) is 13.3. The summed E-state index contributed by atoms with van der Waals surface area (Å²) in [6.45, 7) is 13.3. The third-order valence-electron chi connectivity index (χ3n) is 8.87. The molecule has 3 aliphatic rings. The van der Waals surface area contributed by atoms with Crippen molar-refractivity contribution in [3.05, 3.63) is 61.2 Å². The number of carbonyl (C=O) groups excluding carboxylic acids is 4. The maximum atomic E-state index is 14.2. The zero-order chi connectivity index (χ0) is 32.2. The van der Waals surface area contributed by atoms with Crippen LogP contribution in [-0.4, -0.2) is 93.0 Å². The number of esters is 1. The van der Waals surface area contributed by atoms with Crippen LogP contribution in [0, 0.1) is 11.8 Å². The molecule has 1 aromatic rings. The highest BCUT2D eigenvalue weighted by Gasteiger charge is 2.77. The van der Waals surface area contributed by atoms with Gasteiger partial charge in [-0.25, -0.2) is 0 Å². The fourth-order valence-corrected chi connectivity index (χ4v) is 7.89. The number of allylic oxidation sites excluding steroid dienone is 1. The van der Waals surface area contributed by atoms with Crippen LogP contribution < -0.4 is 5.32 Å². The van der Waals surface area contributed by atoms with E-state index >= 15 is 0 Å². The minimum Gasteiger partial charge on any atom is -0.455 e. The number of nitrogens with one attached hydrogen (secondary N) is 1. The monoisotopic (exact) mass is 673 g/mol. The van der Waals surface area contributed by atoms with E-state index in [2.05, 4.69) is 34.4 Å². The summed E-state index contributed by atoms with van der Waals surface area (Å²) in [7, 11) is 0. The van der Waals surface area contributed by atoms with Crippen LogP contribution in [0.1, 0.15) is 58.1 Å². The van der Waals surface area contributed by atoms with Crippen LogP contribution in [0.25, 0.3) is 0 Å². The molecule has 3 amide bonds. The first-order valence-electron chi connectivity index (χ1n) is 15.3. The van der Waals surface area contributed by atoms with Gasteiger partial charge in [-0.15, -0.1) is 13.2 Å². The fourth-order valence-electron chi connectivity index (χ4n) is 6.95. The largest absolute Gasteiger partial charge is 0.455 e. The molecule has 10 nitrogen and oxygen atoms in total. The molecule has 8 atom stereocenters. The Morgan fingerprint density at radius 3 is 2.55 bits per heavy atom. The molecular weight excluding hydrogens is 630 g/mol. The second kappa shape index (κ2) is 14.4. The Hall–Kier alpha value is -3.02. The van der Waals surface area contributed by atoms with Gasteiger partial charge in [0, 0.05) is 37.0 Å². The zero-order valence-corrected chi connectivity index (χ0v) is 27.3. The SMILES string of the molecule is C=CCCC(=O)N[C@H](C)[C@@H](OC(=O)[C@@H]1[C@H]2O[C@@]3(CC2Br)[C@H](C(=O)N(CC=C)C(C)C)N(CCCO)C(=O)[C@@H]13)c1ccccc1. The van der Waals surface area contributed by atoms with Crippen molar-refractivity contribution in [2.75, 3.05) is 19.7 Å². The number of nitrogens with zero attached hydrogens (tertiary/aromatic N) is 2. The van der Waals surface area contributed by atoms with Gasteiger partial charge >= 0.3 is 5.97 Å². The maximum Gasteiger partial charge on any atom is 0.313 e. The molecule has 1 unspecified atom stereocenters. The molecule has 0 saturated carbocycles. The molecule has 3 aliphatic heterocycles. The van der Waals surface area contributed by atoms with Gasteiger partial charge < -0.3 is 29.7 Å². The third-order valence-corrected chi connectivity index (χ3v) is 9.72. The highest BCUT2D eigenvalue weighted by atomic mass is 79.9. The average molecular weight is 675 g/mol. The van der Waals surface area contributed by atoms with E-state index in [-0.39, 0.29) is 61.1 Å². The Kier molecular flexibility index (Phi) is 11.1. The topological polar surface area (TPSA) is 125 Å². The normalized spacial score (nSPS) is 28.4. The number of rotatable bonds is 15. The molecule has 44 heavy (non-hydrogen) atoms. The molecule has 1 spiro atoms. The third kappa shape index (κ3) is 6.37. The summed E-state index contributed by atoms with van der Waals surface area (Å²) in [5.74, 6) is -3.36. The highest BCUT2D eigenvalue weighted by Crippen LogP contribution is 2.60. The summed E-state index contributed by atoms with van der Waals surface area (Å²) in [6, 6.07) is 7.44. The Morgan fingerprint density at radius 1 is 1.23 bits per heavy atom. The van der Waals surface area contributed by atoms with Crippen LogP contribution in [0.15, 0.2) is 55.6 Å². The van der Waals surface area contributed by atoms with Gasteiger partial charge in [0.2, 0.25) is 17.7 Å². The molecule has 3 fully saturated rings. The van der Waals surface area contributed by atoms with Crippen molar-refractivity contribution in [1.29, 1.82) is 0 Å². The number of hydrogen-bond donors (Lipinski definition) is 2. The van der Waals surface area contributed by atoms with Crippen LogP contribution in [0.2, 0.25) is 0 Å². The van der Waals surface area contributed by atoms with Gasteiger partial charge in [-0.1, -0.05) is 58.4 Å². The smallest absolute Gasteiger partial charge is 0.313 e. The van der Waals surface area contributed by atoms with Crippen molar-refractivity contribution in [2.24, 2.45) is 11.8 Å². The number of likely N-dealkylation sites (tertiary alicyclic amines) is 1. The highest BCUT2D eigenvalue weighted by molar-refractivity contribution is 9.09. The summed E-state index contributed by atoms with van der Waals surface area (Å²) < 4.78 is 12.8. The minimum atomic E-state index is -1.24. The number of carbonyl (C=O) groups is 4. The summed E-state index contributed by atoms with van der Waals surface area (Å²) in [4.78, 5) is 58.0. The molecule has 4 rings (SSSR count). The number of alkyl halides is 1. The minimum absolute atomic E-state index is 0.146. The first-order valence-corrected chi connectivity index (χ1v) is 16.2. The zero-order valence-electron chi connectivity index (χ0n) is 25.7. The number of hydrogen-bond acceptors (Lipinski definition) is 7. The Labute approximate surface area is 267 Å². The number of benzene rings is 1. The number of halogens is 1. The van der Waals surface area contributed by atoms with Crippen LogP contribution in [0.3, 0.4) is 0 Å². The Bertz CT molecular complexity index is 1240. The van der Waals surface area contributed by atoms with Crippen molar-refractivity contribution >= 4 is 39.6 Å². The Balaban J connectivity index is 1.68. The molecule has 0 aromatic heterocycles. The number of fused-ring (bicyclic) bond motifs is 1. The van der Waals surface area contributed by atoms with E-state index in [1.807, 2.05) is 44.2 Å². The van der Waals surface area contributed by atoms with Gasteiger partial charge in [-0.05, 0) is 45.6 Å². The molecule has 3 saturated heterocycles. The quantitative estimate of drug-likeness (QED) is 0.166. The molecule has 0 aliphatic carbocycles. The number of aliphatic hydroxyl groups is 1. The van der Waals surface area contributed by atoms with E-state index < -0.39 is 47.7 Å². The van der Waals surface area contributed by atoms with E-state index in [9.17, 15) is 24.3 Å². The van der Waals surface area contributed by atoms with Crippen LogP contribution in [-0.2, 0) is 28.7 Å². The van der Waals surface area contributed by atoms with E-state index in [4.69, 9.17) is 9.47 Å².